The number of thioether (sulfide) groups is 1. The summed E-state index contributed by atoms with van der Waals surface area (Å²) in [4.78, 5) is 25.6. The van der Waals surface area contributed by atoms with Crippen LogP contribution in [0, 0.1) is 5.82 Å². The number of hydrogen-bond donors (Lipinski definition) is 2. The molecule has 1 aromatic carbocycles. The van der Waals surface area contributed by atoms with E-state index < -0.39 is 0 Å². The van der Waals surface area contributed by atoms with Gasteiger partial charge in [-0.15, -0.1) is 10.2 Å². The number of rotatable bonds is 8. The van der Waals surface area contributed by atoms with E-state index in [1.54, 1.807) is 4.90 Å². The minimum absolute atomic E-state index is 0.00846. The molecule has 1 aliphatic rings. The smallest absolute Gasteiger partial charge is 0.241 e. The second-order valence-corrected chi connectivity index (χ2v) is 7.11. The molecular weight excluding hydrogens is 387 g/mol. The lowest BCUT2D eigenvalue weighted by molar-refractivity contribution is -0.131. The quantitative estimate of drug-likeness (QED) is 0.484. The zero-order valence-electron chi connectivity index (χ0n) is 15.1. The van der Waals surface area contributed by atoms with E-state index in [-0.39, 0.29) is 36.5 Å². The van der Waals surface area contributed by atoms with Crippen molar-refractivity contribution in [2.24, 2.45) is 0 Å². The largest absolute Gasteiger partial charge is 0.486 e. The molecule has 2 aromatic rings. The van der Waals surface area contributed by atoms with Crippen molar-refractivity contribution in [3.63, 3.8) is 0 Å². The van der Waals surface area contributed by atoms with Crippen molar-refractivity contribution in [1.82, 2.24) is 25.1 Å². The third-order valence-corrected chi connectivity index (χ3v) is 5.09. The fraction of sp³-hybridized carbons (Fsp3) is 0.412. The van der Waals surface area contributed by atoms with Crippen LogP contribution in [0.1, 0.15) is 18.7 Å². The minimum atomic E-state index is -0.353. The molecule has 150 valence electrons. The van der Waals surface area contributed by atoms with Crippen LogP contribution in [0.15, 0.2) is 29.4 Å². The Morgan fingerprint density at radius 3 is 2.64 bits per heavy atom. The van der Waals surface area contributed by atoms with Crippen molar-refractivity contribution in [2.45, 2.75) is 24.6 Å². The molecule has 1 saturated heterocycles. The van der Waals surface area contributed by atoms with E-state index in [9.17, 15) is 14.0 Å². The number of carbonyl (C=O) groups is 2. The molecule has 1 fully saturated rings. The number of aromatic nitrogens is 3. The summed E-state index contributed by atoms with van der Waals surface area (Å²) in [6.45, 7) is 1.54. The third-order valence-electron chi connectivity index (χ3n) is 4.14. The highest BCUT2D eigenvalue weighted by Gasteiger charge is 2.18. The number of amides is 2. The lowest BCUT2D eigenvalue weighted by atomic mass is 10.3. The molecule has 0 unspecified atom stereocenters. The number of carbonyl (C=O) groups excluding carboxylic acids is 2. The molecule has 1 aromatic heterocycles. The van der Waals surface area contributed by atoms with Crippen LogP contribution in [0.5, 0.6) is 5.75 Å². The predicted molar refractivity (Wildman–Crippen MR) is 100 cm³/mol. The van der Waals surface area contributed by atoms with Crippen molar-refractivity contribution < 1.29 is 18.7 Å². The van der Waals surface area contributed by atoms with Gasteiger partial charge in [0.25, 0.3) is 0 Å². The second-order valence-electron chi connectivity index (χ2n) is 6.16. The van der Waals surface area contributed by atoms with Crippen LogP contribution in [0.3, 0.4) is 0 Å². The van der Waals surface area contributed by atoms with Gasteiger partial charge in [-0.25, -0.2) is 9.07 Å². The minimum Gasteiger partial charge on any atom is -0.486 e. The summed E-state index contributed by atoms with van der Waals surface area (Å²) in [5.74, 6) is 6.10. The Hall–Kier alpha value is -2.82. The molecule has 2 heterocycles. The van der Waals surface area contributed by atoms with Gasteiger partial charge in [0.15, 0.2) is 5.82 Å². The number of nitrogens with zero attached hydrogens (tertiary/aromatic N) is 4. The monoisotopic (exact) mass is 408 g/mol. The van der Waals surface area contributed by atoms with E-state index in [1.165, 1.54) is 28.9 Å². The van der Waals surface area contributed by atoms with Crippen molar-refractivity contribution in [2.75, 3.05) is 31.2 Å². The van der Waals surface area contributed by atoms with Gasteiger partial charge >= 0.3 is 0 Å². The number of nitrogen functional groups attached to an aromatic ring is 1. The van der Waals surface area contributed by atoms with E-state index in [0.29, 0.717) is 16.7 Å². The Bertz CT molecular complexity index is 823. The molecule has 28 heavy (non-hydrogen) atoms. The first-order chi connectivity index (χ1) is 13.5. The average Bonchev–Trinajstić information content (AvgIpc) is 3.35. The van der Waals surface area contributed by atoms with Gasteiger partial charge in [0.05, 0.1) is 12.3 Å². The lowest BCUT2D eigenvalue weighted by Gasteiger charge is -2.15. The molecule has 0 spiro atoms. The summed E-state index contributed by atoms with van der Waals surface area (Å²) >= 11 is 1.11. The SMILES string of the molecule is Nn1c(COc2ccc(F)cc2)nnc1SCC(=O)NCC(=O)N1CCCC1. The van der Waals surface area contributed by atoms with Gasteiger partial charge in [-0.05, 0) is 37.1 Å². The highest BCUT2D eigenvalue weighted by Crippen LogP contribution is 2.16. The molecule has 3 N–H and O–H groups in total. The summed E-state index contributed by atoms with van der Waals surface area (Å²) in [6.07, 6.45) is 2.02. The highest BCUT2D eigenvalue weighted by atomic mass is 32.2. The summed E-state index contributed by atoms with van der Waals surface area (Å²) in [5, 5.41) is 10.8. The number of benzene rings is 1. The molecule has 9 nitrogen and oxygen atoms in total. The van der Waals surface area contributed by atoms with Crippen LogP contribution < -0.4 is 15.9 Å². The first-order valence-corrected chi connectivity index (χ1v) is 9.76. The van der Waals surface area contributed by atoms with Crippen molar-refractivity contribution in [3.05, 3.63) is 35.9 Å². The van der Waals surface area contributed by atoms with Gasteiger partial charge in [0, 0.05) is 13.1 Å². The maximum Gasteiger partial charge on any atom is 0.241 e. The average molecular weight is 408 g/mol. The Kier molecular flexibility index (Phi) is 6.69. The summed E-state index contributed by atoms with van der Waals surface area (Å²) < 4.78 is 19.6. The molecular formula is C17H21FN6O3S. The van der Waals surface area contributed by atoms with Gasteiger partial charge in [-0.2, -0.15) is 0 Å². The molecule has 3 rings (SSSR count). The van der Waals surface area contributed by atoms with E-state index >= 15 is 0 Å². The lowest BCUT2D eigenvalue weighted by Crippen LogP contribution is -2.39. The molecule has 11 heteroatoms. The molecule has 0 saturated carbocycles. The first-order valence-electron chi connectivity index (χ1n) is 8.78. The normalized spacial score (nSPS) is 13.5. The van der Waals surface area contributed by atoms with Crippen molar-refractivity contribution in [1.29, 1.82) is 0 Å². The number of ether oxygens (including phenoxy) is 1. The maximum atomic E-state index is 12.9. The van der Waals surface area contributed by atoms with Gasteiger partial charge < -0.3 is 20.8 Å². The number of halogens is 1. The first kappa shape index (κ1) is 19.9. The summed E-state index contributed by atoms with van der Waals surface area (Å²) in [5.41, 5.74) is 0. The Labute approximate surface area is 165 Å². The van der Waals surface area contributed by atoms with E-state index in [0.717, 1.165) is 37.7 Å². The molecule has 0 bridgehead atoms. The fourth-order valence-electron chi connectivity index (χ4n) is 2.62. The fourth-order valence-corrected chi connectivity index (χ4v) is 3.32. The summed E-state index contributed by atoms with van der Waals surface area (Å²) in [6, 6.07) is 5.57. The topological polar surface area (TPSA) is 115 Å². The third kappa shape index (κ3) is 5.35. The maximum absolute atomic E-state index is 12.9. The van der Waals surface area contributed by atoms with Gasteiger partial charge in [0.2, 0.25) is 17.0 Å². The van der Waals surface area contributed by atoms with Crippen LogP contribution in [0.4, 0.5) is 4.39 Å². The second kappa shape index (κ2) is 9.40. The van der Waals surface area contributed by atoms with Gasteiger partial charge in [0.1, 0.15) is 18.2 Å². The number of likely N-dealkylation sites (tertiary alicyclic amines) is 1. The number of nitrogens with two attached hydrogens (primary N) is 1. The summed E-state index contributed by atoms with van der Waals surface area (Å²) in [7, 11) is 0. The van der Waals surface area contributed by atoms with Gasteiger partial charge in [-0.3, -0.25) is 9.59 Å². The molecule has 0 radical (unpaired) electrons. The molecule has 2 amide bonds. The van der Waals surface area contributed by atoms with Crippen LogP contribution in [-0.4, -0.2) is 57.0 Å². The van der Waals surface area contributed by atoms with Crippen LogP contribution >= 0.6 is 11.8 Å². The van der Waals surface area contributed by atoms with Crippen LogP contribution in [0.2, 0.25) is 0 Å². The van der Waals surface area contributed by atoms with E-state index in [1.807, 2.05) is 0 Å². The Morgan fingerprint density at radius 1 is 1.21 bits per heavy atom. The van der Waals surface area contributed by atoms with Crippen molar-refractivity contribution >= 4 is 23.6 Å². The van der Waals surface area contributed by atoms with E-state index in [2.05, 4.69) is 15.5 Å². The van der Waals surface area contributed by atoms with Gasteiger partial charge in [-0.1, -0.05) is 11.8 Å². The van der Waals surface area contributed by atoms with Crippen LogP contribution in [-0.2, 0) is 16.2 Å². The van der Waals surface area contributed by atoms with Crippen molar-refractivity contribution in [3.8, 4) is 5.75 Å². The number of nitrogens with one attached hydrogen (secondary N) is 1. The Morgan fingerprint density at radius 2 is 1.93 bits per heavy atom. The zero-order valence-corrected chi connectivity index (χ0v) is 16.0. The molecule has 1 aliphatic heterocycles. The molecule has 0 aliphatic carbocycles. The zero-order chi connectivity index (χ0) is 19.9. The highest BCUT2D eigenvalue weighted by molar-refractivity contribution is 7.99. The van der Waals surface area contributed by atoms with E-state index in [4.69, 9.17) is 10.6 Å². The Balaban J connectivity index is 1.42. The van der Waals surface area contributed by atoms with Crippen LogP contribution in [0.25, 0.3) is 0 Å². The number of hydrogen-bond acceptors (Lipinski definition) is 7. The predicted octanol–water partition coefficient (Wildman–Crippen LogP) is 0.541. The molecule has 0 atom stereocenters. The standard InChI is InChI=1S/C17H21FN6O3S/c18-12-3-5-13(6-4-12)27-10-14-21-22-17(24(14)19)28-11-15(25)20-9-16(26)23-7-1-2-8-23/h3-6H,1-2,7-11,19H2,(H,20,25).